The number of ether oxygens (including phenoxy) is 1. The molecule has 0 radical (unpaired) electrons. The van der Waals surface area contributed by atoms with Gasteiger partial charge in [-0.25, -0.2) is 0 Å². The summed E-state index contributed by atoms with van der Waals surface area (Å²) in [6.45, 7) is 0. The summed E-state index contributed by atoms with van der Waals surface area (Å²) in [6.07, 6.45) is 4.17. The topological polar surface area (TPSA) is 33.1 Å². The first kappa shape index (κ1) is 12.4. The lowest BCUT2D eigenvalue weighted by molar-refractivity contribution is 0.206. The fourth-order valence-corrected chi connectivity index (χ4v) is 1.53. The molecule has 1 atom stereocenters. The Hall–Kier alpha value is 0.370. The maximum atomic E-state index is 7.36. The van der Waals surface area contributed by atoms with Gasteiger partial charge in [-0.1, -0.05) is 52.5 Å². The largest absolute Gasteiger partial charge is 0.469 e. The highest BCUT2D eigenvalue weighted by Gasteiger charge is 2.31. The van der Waals surface area contributed by atoms with Crippen molar-refractivity contribution in [3.63, 3.8) is 0 Å². The lowest BCUT2D eigenvalue weighted by Crippen LogP contribution is -2.28. The van der Waals surface area contributed by atoms with E-state index in [1.807, 2.05) is 6.08 Å². The molecule has 80 valence electrons. The van der Waals surface area contributed by atoms with Crippen molar-refractivity contribution in [1.82, 2.24) is 0 Å². The Bertz CT molecular complexity index is 259. The first-order valence-electron chi connectivity index (χ1n) is 4.09. The molecular weight excluding hydrogens is 268 g/mol. The molecule has 0 heterocycles. The summed E-state index contributed by atoms with van der Waals surface area (Å²) in [5, 5.41) is 7.94. The molecule has 0 saturated carbocycles. The summed E-state index contributed by atoms with van der Waals surface area (Å²) in [5.74, 6) is -0.388. The third-order valence-corrected chi connectivity index (χ3v) is 2.75. The zero-order valence-corrected chi connectivity index (χ0v) is 10.2. The number of alkyl halides is 3. The van der Waals surface area contributed by atoms with Gasteiger partial charge in [-0.15, -0.1) is 0 Å². The predicted octanol–water partition coefficient (Wildman–Crippen LogP) is 4.03. The molecule has 0 aliphatic heterocycles. The lowest BCUT2D eigenvalue weighted by atomic mass is 10.1. The van der Waals surface area contributed by atoms with Crippen LogP contribution in [-0.2, 0) is 4.74 Å². The molecule has 14 heavy (non-hydrogen) atoms. The number of hydrogen-bond acceptors (Lipinski definition) is 2. The predicted molar refractivity (Wildman–Crippen MR) is 60.7 cm³/mol. The molecule has 1 N–H and O–H groups in total. The maximum absolute atomic E-state index is 7.36. The van der Waals surface area contributed by atoms with Crippen LogP contribution < -0.4 is 0 Å². The number of rotatable bonds is 1. The van der Waals surface area contributed by atoms with Gasteiger partial charge in [0.05, 0.1) is 5.03 Å². The van der Waals surface area contributed by atoms with Crippen LogP contribution in [0.5, 0.6) is 0 Å². The molecule has 0 aromatic heterocycles. The SMILES string of the molecule is N=C(O[C@@H]1CCCC=C1Cl)C(Cl)(Cl)Cl. The second-order valence-corrected chi connectivity index (χ2v) is 5.67. The van der Waals surface area contributed by atoms with E-state index in [2.05, 4.69) is 0 Å². The van der Waals surface area contributed by atoms with Crippen molar-refractivity contribution in [1.29, 1.82) is 5.41 Å². The molecule has 0 aromatic carbocycles. The van der Waals surface area contributed by atoms with Gasteiger partial charge in [0.1, 0.15) is 6.10 Å². The minimum atomic E-state index is -1.81. The smallest absolute Gasteiger partial charge is 0.265 e. The van der Waals surface area contributed by atoms with Crippen molar-refractivity contribution < 1.29 is 4.74 Å². The highest BCUT2D eigenvalue weighted by molar-refractivity contribution is 6.76. The normalized spacial score (nSPS) is 22.9. The van der Waals surface area contributed by atoms with E-state index >= 15 is 0 Å². The summed E-state index contributed by atoms with van der Waals surface area (Å²) in [4.78, 5) is 0. The quantitative estimate of drug-likeness (QED) is 0.438. The summed E-state index contributed by atoms with van der Waals surface area (Å²) in [6, 6.07) is 0. The number of allylic oxidation sites excluding steroid dienone is 1. The average Bonchev–Trinajstić information content (AvgIpc) is 2.07. The van der Waals surface area contributed by atoms with Gasteiger partial charge in [0.25, 0.3) is 3.79 Å². The summed E-state index contributed by atoms with van der Waals surface area (Å²) >= 11 is 22.3. The molecule has 1 rings (SSSR count). The Kier molecular flexibility index (Phi) is 4.38. The van der Waals surface area contributed by atoms with Gasteiger partial charge in [0.15, 0.2) is 0 Å². The van der Waals surface area contributed by atoms with Crippen LogP contribution in [0.1, 0.15) is 19.3 Å². The van der Waals surface area contributed by atoms with Crippen molar-refractivity contribution in [3.8, 4) is 0 Å². The number of halogens is 4. The average molecular weight is 277 g/mol. The third kappa shape index (κ3) is 3.50. The molecule has 0 fully saturated rings. The van der Waals surface area contributed by atoms with Crippen molar-refractivity contribution in [2.45, 2.75) is 29.2 Å². The van der Waals surface area contributed by atoms with E-state index < -0.39 is 3.79 Å². The lowest BCUT2D eigenvalue weighted by Gasteiger charge is -2.24. The Morgan fingerprint density at radius 3 is 2.64 bits per heavy atom. The van der Waals surface area contributed by atoms with Gasteiger partial charge in [-0.3, -0.25) is 5.41 Å². The fraction of sp³-hybridized carbons (Fsp3) is 0.625. The van der Waals surface area contributed by atoms with Gasteiger partial charge < -0.3 is 4.74 Å². The van der Waals surface area contributed by atoms with Crippen molar-refractivity contribution in [2.75, 3.05) is 0 Å². The van der Waals surface area contributed by atoms with E-state index in [1.165, 1.54) is 0 Å². The van der Waals surface area contributed by atoms with Gasteiger partial charge >= 0.3 is 0 Å². The van der Waals surface area contributed by atoms with Crippen LogP contribution in [0, 0.1) is 5.41 Å². The second-order valence-electron chi connectivity index (χ2n) is 2.95. The second kappa shape index (κ2) is 4.93. The summed E-state index contributed by atoms with van der Waals surface area (Å²) in [5.41, 5.74) is 0. The molecule has 0 amide bonds. The Labute approximate surface area is 103 Å². The number of nitrogens with one attached hydrogen (secondary N) is 1. The fourth-order valence-electron chi connectivity index (χ4n) is 1.14. The Morgan fingerprint density at radius 2 is 2.14 bits per heavy atom. The van der Waals surface area contributed by atoms with Crippen molar-refractivity contribution in [2.24, 2.45) is 0 Å². The molecule has 0 spiro atoms. The molecular formula is C8H9Cl4NO. The molecule has 1 aliphatic carbocycles. The van der Waals surface area contributed by atoms with Crippen LogP contribution in [0.4, 0.5) is 0 Å². The van der Waals surface area contributed by atoms with E-state index in [0.717, 1.165) is 19.3 Å². The highest BCUT2D eigenvalue weighted by Crippen LogP contribution is 2.31. The third-order valence-electron chi connectivity index (χ3n) is 1.83. The molecule has 0 saturated heterocycles. The van der Waals surface area contributed by atoms with Crippen LogP contribution in [0.2, 0.25) is 0 Å². The highest BCUT2D eigenvalue weighted by atomic mass is 35.6. The number of hydrogen-bond donors (Lipinski definition) is 1. The minimum Gasteiger partial charge on any atom is -0.469 e. The van der Waals surface area contributed by atoms with E-state index in [9.17, 15) is 0 Å². The first-order valence-corrected chi connectivity index (χ1v) is 5.60. The molecule has 2 nitrogen and oxygen atoms in total. The van der Waals surface area contributed by atoms with Crippen LogP contribution in [0.3, 0.4) is 0 Å². The zero-order chi connectivity index (χ0) is 10.8. The molecule has 1 aliphatic rings. The van der Waals surface area contributed by atoms with E-state index in [4.69, 9.17) is 56.5 Å². The van der Waals surface area contributed by atoms with Gasteiger partial charge in [-0.05, 0) is 19.3 Å². The van der Waals surface area contributed by atoms with E-state index in [0.29, 0.717) is 5.03 Å². The van der Waals surface area contributed by atoms with Crippen LogP contribution >= 0.6 is 46.4 Å². The first-order chi connectivity index (χ1) is 6.41. The van der Waals surface area contributed by atoms with Gasteiger partial charge in [-0.2, -0.15) is 0 Å². The Morgan fingerprint density at radius 1 is 1.50 bits per heavy atom. The van der Waals surface area contributed by atoms with E-state index in [1.54, 1.807) is 0 Å². The van der Waals surface area contributed by atoms with Crippen LogP contribution in [-0.4, -0.2) is 15.8 Å². The summed E-state index contributed by atoms with van der Waals surface area (Å²) < 4.78 is 3.34. The van der Waals surface area contributed by atoms with Crippen molar-refractivity contribution in [3.05, 3.63) is 11.1 Å². The van der Waals surface area contributed by atoms with Crippen LogP contribution in [0.25, 0.3) is 0 Å². The van der Waals surface area contributed by atoms with Gasteiger partial charge in [0, 0.05) is 0 Å². The zero-order valence-electron chi connectivity index (χ0n) is 7.20. The van der Waals surface area contributed by atoms with Crippen LogP contribution in [0.15, 0.2) is 11.1 Å². The standard InChI is InChI=1S/C8H9Cl4NO/c9-5-3-1-2-4-6(5)14-7(13)8(10,11)12/h3,6,13H,1-2,4H2/t6-/m1/s1. The molecule has 0 aromatic rings. The molecule has 0 unspecified atom stereocenters. The Balaban J connectivity index is 2.56. The molecule has 6 heteroatoms. The van der Waals surface area contributed by atoms with E-state index in [-0.39, 0.29) is 12.0 Å². The van der Waals surface area contributed by atoms with Gasteiger partial charge in [0.2, 0.25) is 5.90 Å². The minimum absolute atomic E-state index is 0.339. The monoisotopic (exact) mass is 275 g/mol. The maximum Gasteiger partial charge on any atom is 0.265 e. The summed E-state index contributed by atoms with van der Waals surface area (Å²) in [7, 11) is 0. The van der Waals surface area contributed by atoms with Crippen molar-refractivity contribution >= 4 is 52.3 Å². The molecule has 0 bridgehead atoms.